The number of halogens is 2. The summed E-state index contributed by atoms with van der Waals surface area (Å²) < 4.78 is 55.9. The third-order valence-electron chi connectivity index (χ3n) is 7.94. The smallest absolute Gasteiger partial charge is 0.329 e. The predicted molar refractivity (Wildman–Crippen MR) is 164 cm³/mol. The van der Waals surface area contributed by atoms with Gasteiger partial charge in [-0.15, -0.1) is 0 Å². The highest BCUT2D eigenvalue weighted by Gasteiger charge is 2.30. The van der Waals surface area contributed by atoms with Crippen LogP contribution in [0, 0.1) is 11.6 Å². The summed E-state index contributed by atoms with van der Waals surface area (Å²) in [4.78, 5) is 44.5. The van der Waals surface area contributed by atoms with Crippen molar-refractivity contribution < 1.29 is 42.1 Å². The topological polar surface area (TPSA) is 141 Å². The van der Waals surface area contributed by atoms with Gasteiger partial charge in [0, 0.05) is 46.5 Å². The molecule has 3 aromatic rings. The lowest BCUT2D eigenvalue weighted by Crippen LogP contribution is -2.48. The van der Waals surface area contributed by atoms with E-state index in [0.717, 1.165) is 23.7 Å². The summed E-state index contributed by atoms with van der Waals surface area (Å²) in [6, 6.07) is 2.55. The molecule has 16 heteroatoms. The number of anilines is 2. The van der Waals surface area contributed by atoms with Crippen molar-refractivity contribution in [1.29, 1.82) is 0 Å². The molecule has 1 N–H and O–H groups in total. The lowest BCUT2D eigenvalue weighted by Gasteiger charge is -2.34. The summed E-state index contributed by atoms with van der Waals surface area (Å²) in [5, 5.41) is 2.66. The SMILES string of the molecule is COc1cc(OC)c(F)c(COc2cnc(NC(=O)N3CCCc4cc(CN5CCN(C)CC5=O)c(C(OC)OC)nc43)nc2)c1F. The number of ether oxygens (including phenoxy) is 5. The number of amides is 3. The maximum absolute atomic E-state index is 14.7. The third kappa shape index (κ3) is 7.34. The number of urea groups is 1. The van der Waals surface area contributed by atoms with E-state index in [1.165, 1.54) is 45.7 Å². The van der Waals surface area contributed by atoms with E-state index in [1.54, 1.807) is 4.90 Å². The van der Waals surface area contributed by atoms with Crippen LogP contribution in [0.1, 0.15) is 35.1 Å². The summed E-state index contributed by atoms with van der Waals surface area (Å²) in [6.07, 6.45) is 3.08. The van der Waals surface area contributed by atoms with E-state index >= 15 is 0 Å². The molecule has 3 amide bonds. The Hall–Kier alpha value is -4.67. The number of fused-ring (bicyclic) bond motifs is 1. The van der Waals surface area contributed by atoms with Crippen LogP contribution >= 0.6 is 0 Å². The molecule has 4 heterocycles. The lowest BCUT2D eigenvalue weighted by molar-refractivity contribution is -0.136. The van der Waals surface area contributed by atoms with Gasteiger partial charge in [0.1, 0.15) is 18.1 Å². The van der Waals surface area contributed by atoms with Gasteiger partial charge in [-0.05, 0) is 37.1 Å². The molecule has 0 aliphatic carbocycles. The fourth-order valence-corrected chi connectivity index (χ4v) is 5.44. The molecule has 47 heavy (non-hydrogen) atoms. The highest BCUT2D eigenvalue weighted by Crippen LogP contribution is 2.33. The number of carbonyl (C=O) groups is 2. The average Bonchev–Trinajstić information content (AvgIpc) is 3.07. The Morgan fingerprint density at radius 2 is 1.68 bits per heavy atom. The number of piperazine rings is 1. The number of pyridine rings is 1. The number of hydrogen-bond acceptors (Lipinski definition) is 11. The normalized spacial score (nSPS) is 15.1. The summed E-state index contributed by atoms with van der Waals surface area (Å²) >= 11 is 0. The van der Waals surface area contributed by atoms with E-state index < -0.39 is 36.1 Å². The van der Waals surface area contributed by atoms with Crippen molar-refractivity contribution in [1.82, 2.24) is 24.8 Å². The number of carbonyl (C=O) groups excluding carboxylic acids is 2. The van der Waals surface area contributed by atoms with E-state index in [-0.39, 0.29) is 29.1 Å². The number of likely N-dealkylation sites (N-methyl/N-ethyl adjacent to an activating group) is 1. The van der Waals surface area contributed by atoms with Gasteiger partial charge in [-0.25, -0.2) is 28.5 Å². The van der Waals surface area contributed by atoms with Gasteiger partial charge in [-0.1, -0.05) is 0 Å². The molecule has 1 aromatic carbocycles. The first-order valence-electron chi connectivity index (χ1n) is 14.8. The van der Waals surface area contributed by atoms with Crippen LogP contribution in [0.15, 0.2) is 24.5 Å². The Kier molecular flexibility index (Phi) is 10.6. The highest BCUT2D eigenvalue weighted by atomic mass is 19.1. The quantitative estimate of drug-likeness (QED) is 0.304. The number of nitrogens with zero attached hydrogens (tertiary/aromatic N) is 6. The van der Waals surface area contributed by atoms with Gasteiger partial charge < -0.3 is 28.6 Å². The first-order chi connectivity index (χ1) is 22.7. The summed E-state index contributed by atoms with van der Waals surface area (Å²) in [7, 11) is 7.41. The number of aryl methyl sites for hydroxylation is 1. The molecular weight excluding hydrogens is 620 g/mol. The Bertz CT molecular complexity index is 1580. The van der Waals surface area contributed by atoms with Crippen LogP contribution in [0.4, 0.5) is 25.3 Å². The minimum atomic E-state index is -0.920. The Morgan fingerprint density at radius 1 is 1.00 bits per heavy atom. The maximum Gasteiger partial charge on any atom is 0.329 e. The monoisotopic (exact) mass is 657 g/mol. The first kappa shape index (κ1) is 33.7. The molecule has 1 fully saturated rings. The van der Waals surface area contributed by atoms with Gasteiger partial charge in [-0.2, -0.15) is 0 Å². The van der Waals surface area contributed by atoms with Crippen LogP contribution in [0.5, 0.6) is 17.2 Å². The molecule has 14 nitrogen and oxygen atoms in total. The van der Waals surface area contributed by atoms with Crippen molar-refractivity contribution in [2.45, 2.75) is 32.3 Å². The maximum atomic E-state index is 14.7. The standard InChI is InChI=1S/C31H37F2N7O7/c1-38-9-10-39(24(41)16-38)15-19-11-18-7-6-8-40(28(18)36-27(19)29(45-4)46-5)31(42)37-30-34-13-20(14-35-30)47-17-21-25(32)22(43-2)12-23(44-3)26(21)33/h11-14,29H,6-10,15-17H2,1-5H3,(H,34,35,37,42). The van der Waals surface area contributed by atoms with Crippen LogP contribution < -0.4 is 24.4 Å². The Labute approximate surface area is 270 Å². The fourth-order valence-electron chi connectivity index (χ4n) is 5.44. The molecule has 252 valence electrons. The predicted octanol–water partition coefficient (Wildman–Crippen LogP) is 3.30. The molecule has 1 saturated heterocycles. The second-order valence-corrected chi connectivity index (χ2v) is 11.0. The van der Waals surface area contributed by atoms with Gasteiger partial charge >= 0.3 is 6.03 Å². The second-order valence-electron chi connectivity index (χ2n) is 11.0. The largest absolute Gasteiger partial charge is 0.494 e. The fraction of sp³-hybridized carbons (Fsp3) is 0.452. The molecule has 0 saturated carbocycles. The second kappa shape index (κ2) is 14.8. The van der Waals surface area contributed by atoms with Crippen molar-refractivity contribution >= 4 is 23.7 Å². The van der Waals surface area contributed by atoms with E-state index in [4.69, 9.17) is 28.7 Å². The molecule has 2 aliphatic rings. The van der Waals surface area contributed by atoms with Gasteiger partial charge in [-0.3, -0.25) is 19.9 Å². The zero-order valence-corrected chi connectivity index (χ0v) is 26.8. The summed E-state index contributed by atoms with van der Waals surface area (Å²) in [6.45, 7) is 1.91. The molecule has 0 unspecified atom stereocenters. The zero-order chi connectivity index (χ0) is 33.7. The number of rotatable bonds is 11. The average molecular weight is 658 g/mol. The van der Waals surface area contributed by atoms with Crippen molar-refractivity contribution in [3.8, 4) is 17.2 Å². The van der Waals surface area contributed by atoms with E-state index in [9.17, 15) is 18.4 Å². The summed E-state index contributed by atoms with van der Waals surface area (Å²) in [5.74, 6) is -1.69. The highest BCUT2D eigenvalue weighted by molar-refractivity contribution is 6.00. The van der Waals surface area contributed by atoms with Crippen LogP contribution in [0.2, 0.25) is 0 Å². The molecule has 5 rings (SSSR count). The molecular formula is C31H37F2N7O7. The number of aromatic nitrogens is 3. The van der Waals surface area contributed by atoms with Crippen molar-refractivity contribution in [3.63, 3.8) is 0 Å². The number of nitrogens with one attached hydrogen (secondary N) is 1. The number of benzene rings is 1. The minimum absolute atomic E-state index is 0.0195. The molecule has 2 aromatic heterocycles. The van der Waals surface area contributed by atoms with Gasteiger partial charge in [0.25, 0.3) is 0 Å². The number of hydrogen-bond donors (Lipinski definition) is 1. The molecule has 2 aliphatic heterocycles. The van der Waals surface area contributed by atoms with Crippen molar-refractivity contribution in [3.05, 3.63) is 58.5 Å². The zero-order valence-electron chi connectivity index (χ0n) is 26.8. The van der Waals surface area contributed by atoms with Crippen molar-refractivity contribution in [2.24, 2.45) is 0 Å². The van der Waals surface area contributed by atoms with Crippen LogP contribution in [-0.2, 0) is 33.8 Å². The Morgan fingerprint density at radius 3 is 2.30 bits per heavy atom. The Balaban J connectivity index is 1.31. The third-order valence-corrected chi connectivity index (χ3v) is 7.94. The van der Waals surface area contributed by atoms with Gasteiger partial charge in [0.15, 0.2) is 28.9 Å². The minimum Gasteiger partial charge on any atom is -0.494 e. The van der Waals surface area contributed by atoms with Crippen molar-refractivity contribution in [2.75, 3.05) is 71.9 Å². The molecule has 0 radical (unpaired) electrons. The molecule has 0 bridgehead atoms. The van der Waals surface area contributed by atoms with E-state index in [1.807, 2.05) is 18.0 Å². The van der Waals surface area contributed by atoms with Crippen LogP contribution in [0.25, 0.3) is 0 Å². The van der Waals surface area contributed by atoms with E-state index in [2.05, 4.69) is 15.3 Å². The summed E-state index contributed by atoms with van der Waals surface area (Å²) in [5.41, 5.74) is 1.70. The number of methoxy groups -OCH3 is 4. The van der Waals surface area contributed by atoms with Crippen LogP contribution in [-0.4, -0.2) is 98.4 Å². The lowest BCUT2D eigenvalue weighted by atomic mass is 10.0. The van der Waals surface area contributed by atoms with Crippen LogP contribution in [0.3, 0.4) is 0 Å². The van der Waals surface area contributed by atoms with E-state index in [0.29, 0.717) is 50.5 Å². The first-order valence-corrected chi connectivity index (χ1v) is 14.8. The molecule has 0 atom stereocenters. The van der Waals surface area contributed by atoms with Gasteiger partial charge in [0.2, 0.25) is 18.1 Å². The van der Waals surface area contributed by atoms with Gasteiger partial charge in [0.05, 0.1) is 38.7 Å². The molecule has 0 spiro atoms.